The average Bonchev–Trinajstić information content (AvgIpc) is 2.99. The Bertz CT molecular complexity index is 691. The lowest BCUT2D eigenvalue weighted by molar-refractivity contribution is 0.415. The summed E-state index contributed by atoms with van der Waals surface area (Å²) >= 11 is 5.49. The van der Waals surface area contributed by atoms with E-state index >= 15 is 0 Å². The molecule has 96 valence electrons. The molecule has 3 heteroatoms. The molecule has 1 heterocycles. The van der Waals surface area contributed by atoms with Crippen LogP contribution in [0.2, 0.25) is 0 Å². The first-order valence-corrected chi connectivity index (χ1v) is 7.87. The van der Waals surface area contributed by atoms with E-state index in [1.807, 2.05) is 6.07 Å². The number of rotatable bonds is 3. The van der Waals surface area contributed by atoms with Crippen LogP contribution >= 0.6 is 27.3 Å². The number of halogens is 1. The van der Waals surface area contributed by atoms with Gasteiger partial charge in [-0.15, -0.1) is 0 Å². The lowest BCUT2D eigenvalue weighted by atomic mass is 10.0. The molecule has 19 heavy (non-hydrogen) atoms. The molecule has 0 saturated carbocycles. The highest BCUT2D eigenvalue weighted by Crippen LogP contribution is 2.34. The van der Waals surface area contributed by atoms with Gasteiger partial charge in [-0.3, -0.25) is 0 Å². The molecule has 0 aliphatic rings. The zero-order chi connectivity index (χ0) is 13.2. The Labute approximate surface area is 125 Å². The van der Waals surface area contributed by atoms with E-state index in [9.17, 15) is 0 Å². The maximum Gasteiger partial charge on any atom is 0.119 e. The summed E-state index contributed by atoms with van der Waals surface area (Å²) in [6.07, 6.45) is 0. The second-order valence-electron chi connectivity index (χ2n) is 4.39. The summed E-state index contributed by atoms with van der Waals surface area (Å²) in [4.78, 5) is 0.255. The van der Waals surface area contributed by atoms with Gasteiger partial charge in [0, 0.05) is 0 Å². The van der Waals surface area contributed by atoms with Gasteiger partial charge < -0.3 is 4.74 Å². The van der Waals surface area contributed by atoms with Crippen LogP contribution in [0.25, 0.3) is 10.8 Å². The zero-order valence-electron chi connectivity index (χ0n) is 10.5. The van der Waals surface area contributed by atoms with E-state index in [4.69, 9.17) is 4.74 Å². The van der Waals surface area contributed by atoms with Crippen LogP contribution in [0.15, 0.2) is 53.2 Å². The molecule has 0 N–H and O–H groups in total. The standard InChI is InChI=1S/C16H13BrOS/c1-18-15-5-4-11-8-13(3-2-12(11)9-15)16(17)14-6-7-19-10-14/h2-10,16H,1H3. The highest BCUT2D eigenvalue weighted by Gasteiger charge is 2.11. The van der Waals surface area contributed by atoms with Crippen LogP contribution < -0.4 is 4.74 Å². The molecule has 0 saturated heterocycles. The Balaban J connectivity index is 2.02. The van der Waals surface area contributed by atoms with Gasteiger partial charge in [0.25, 0.3) is 0 Å². The van der Waals surface area contributed by atoms with Gasteiger partial charge in [0.15, 0.2) is 0 Å². The van der Waals surface area contributed by atoms with Crippen molar-refractivity contribution in [3.05, 3.63) is 64.4 Å². The van der Waals surface area contributed by atoms with Gasteiger partial charge in [-0.25, -0.2) is 0 Å². The van der Waals surface area contributed by atoms with E-state index in [2.05, 4.69) is 63.1 Å². The van der Waals surface area contributed by atoms with Crippen LogP contribution in [-0.4, -0.2) is 7.11 Å². The number of benzene rings is 2. The molecule has 2 aromatic carbocycles. The molecule has 3 aromatic rings. The summed E-state index contributed by atoms with van der Waals surface area (Å²) in [5, 5.41) is 6.72. The summed E-state index contributed by atoms with van der Waals surface area (Å²) in [6.45, 7) is 0. The van der Waals surface area contributed by atoms with E-state index < -0.39 is 0 Å². The van der Waals surface area contributed by atoms with Gasteiger partial charge in [0.1, 0.15) is 5.75 Å². The molecule has 0 bridgehead atoms. The lowest BCUT2D eigenvalue weighted by Gasteiger charge is -2.10. The Hall–Kier alpha value is -1.32. The summed E-state index contributed by atoms with van der Waals surface area (Å²) in [7, 11) is 1.70. The van der Waals surface area contributed by atoms with Crippen molar-refractivity contribution in [2.45, 2.75) is 4.83 Å². The van der Waals surface area contributed by atoms with Crippen LogP contribution in [0.5, 0.6) is 5.75 Å². The van der Waals surface area contributed by atoms with Crippen LogP contribution in [0.3, 0.4) is 0 Å². The van der Waals surface area contributed by atoms with Crippen LogP contribution in [-0.2, 0) is 0 Å². The summed E-state index contributed by atoms with van der Waals surface area (Å²) in [5.41, 5.74) is 2.58. The molecular formula is C16H13BrOS. The number of methoxy groups -OCH3 is 1. The third kappa shape index (κ3) is 2.53. The van der Waals surface area contributed by atoms with Crippen LogP contribution in [0.1, 0.15) is 16.0 Å². The number of alkyl halides is 1. The highest BCUT2D eigenvalue weighted by atomic mass is 79.9. The topological polar surface area (TPSA) is 9.23 Å². The van der Waals surface area contributed by atoms with Crippen LogP contribution in [0, 0.1) is 0 Å². The Kier molecular flexibility index (Phi) is 3.58. The molecule has 0 aliphatic carbocycles. The van der Waals surface area contributed by atoms with Gasteiger partial charge in [-0.1, -0.05) is 34.1 Å². The van der Waals surface area contributed by atoms with Crippen molar-refractivity contribution in [1.29, 1.82) is 0 Å². The van der Waals surface area contributed by atoms with Crippen molar-refractivity contribution in [1.82, 2.24) is 0 Å². The third-order valence-electron chi connectivity index (χ3n) is 3.20. The number of thiophene rings is 1. The first-order valence-electron chi connectivity index (χ1n) is 6.02. The number of fused-ring (bicyclic) bond motifs is 1. The first kappa shape index (κ1) is 12.7. The molecule has 0 amide bonds. The molecule has 0 aliphatic heterocycles. The van der Waals surface area contributed by atoms with Gasteiger partial charge in [-0.05, 0) is 56.9 Å². The predicted octanol–water partition coefficient (Wildman–Crippen LogP) is 5.39. The molecule has 0 radical (unpaired) electrons. The van der Waals surface area contributed by atoms with Crippen molar-refractivity contribution in [2.75, 3.05) is 7.11 Å². The summed E-state index contributed by atoms with van der Waals surface area (Å²) in [6, 6.07) is 14.9. The minimum atomic E-state index is 0.255. The van der Waals surface area contributed by atoms with E-state index in [-0.39, 0.29) is 4.83 Å². The molecule has 1 aromatic heterocycles. The Morgan fingerprint density at radius 1 is 1.00 bits per heavy atom. The van der Waals surface area contributed by atoms with Gasteiger partial charge in [-0.2, -0.15) is 11.3 Å². The van der Waals surface area contributed by atoms with E-state index in [1.54, 1.807) is 18.4 Å². The van der Waals surface area contributed by atoms with Crippen molar-refractivity contribution in [3.63, 3.8) is 0 Å². The largest absolute Gasteiger partial charge is 0.497 e. The minimum absolute atomic E-state index is 0.255. The van der Waals surface area contributed by atoms with Crippen molar-refractivity contribution >= 4 is 38.0 Å². The fourth-order valence-corrected chi connectivity index (χ4v) is 3.57. The monoisotopic (exact) mass is 332 g/mol. The number of hydrogen-bond acceptors (Lipinski definition) is 2. The molecule has 1 nitrogen and oxygen atoms in total. The average molecular weight is 333 g/mol. The summed E-state index contributed by atoms with van der Waals surface area (Å²) in [5.74, 6) is 0.897. The minimum Gasteiger partial charge on any atom is -0.497 e. The first-order chi connectivity index (χ1) is 9.28. The van der Waals surface area contributed by atoms with Gasteiger partial charge in [0.05, 0.1) is 11.9 Å². The normalized spacial score (nSPS) is 12.5. The fourth-order valence-electron chi connectivity index (χ4n) is 2.14. The maximum atomic E-state index is 5.25. The van der Waals surface area contributed by atoms with Crippen molar-refractivity contribution < 1.29 is 4.74 Å². The van der Waals surface area contributed by atoms with Crippen LogP contribution in [0.4, 0.5) is 0 Å². The third-order valence-corrected chi connectivity index (χ3v) is 4.96. The lowest BCUT2D eigenvalue weighted by Crippen LogP contribution is -1.90. The van der Waals surface area contributed by atoms with Crippen molar-refractivity contribution in [3.8, 4) is 5.75 Å². The number of hydrogen-bond donors (Lipinski definition) is 0. The highest BCUT2D eigenvalue weighted by molar-refractivity contribution is 9.09. The molecule has 0 fully saturated rings. The molecule has 0 spiro atoms. The summed E-state index contributed by atoms with van der Waals surface area (Å²) < 4.78 is 5.25. The smallest absolute Gasteiger partial charge is 0.119 e. The Morgan fingerprint density at radius 3 is 2.53 bits per heavy atom. The van der Waals surface area contributed by atoms with E-state index in [0.717, 1.165) is 5.75 Å². The quantitative estimate of drug-likeness (QED) is 0.584. The molecule has 1 unspecified atom stereocenters. The Morgan fingerprint density at radius 2 is 1.79 bits per heavy atom. The van der Waals surface area contributed by atoms with E-state index in [0.29, 0.717) is 0 Å². The predicted molar refractivity (Wildman–Crippen MR) is 85.6 cm³/mol. The zero-order valence-corrected chi connectivity index (χ0v) is 12.9. The number of ether oxygens (including phenoxy) is 1. The second-order valence-corrected chi connectivity index (χ2v) is 6.09. The second kappa shape index (κ2) is 5.35. The molecule has 3 rings (SSSR count). The van der Waals surface area contributed by atoms with Crippen molar-refractivity contribution in [2.24, 2.45) is 0 Å². The van der Waals surface area contributed by atoms with E-state index in [1.165, 1.54) is 21.9 Å². The fraction of sp³-hybridized carbons (Fsp3) is 0.125. The molecule has 1 atom stereocenters. The molecular weight excluding hydrogens is 320 g/mol. The maximum absolute atomic E-state index is 5.25. The van der Waals surface area contributed by atoms with Gasteiger partial charge >= 0.3 is 0 Å². The van der Waals surface area contributed by atoms with Gasteiger partial charge in [0.2, 0.25) is 0 Å². The SMILES string of the molecule is COc1ccc2cc(C(Br)c3ccsc3)ccc2c1.